The highest BCUT2D eigenvalue weighted by Gasteiger charge is 2.45. The van der Waals surface area contributed by atoms with Gasteiger partial charge in [-0.2, -0.15) is 0 Å². The van der Waals surface area contributed by atoms with E-state index in [0.29, 0.717) is 12.5 Å². The van der Waals surface area contributed by atoms with Crippen LogP contribution in [0.4, 0.5) is 0 Å². The van der Waals surface area contributed by atoms with Gasteiger partial charge in [-0.15, -0.1) is 10.2 Å². The van der Waals surface area contributed by atoms with Gasteiger partial charge in [0.25, 0.3) is 0 Å². The Hall–Kier alpha value is -2.17. The number of nitrogens with zero attached hydrogens (tertiary/aromatic N) is 4. The Morgan fingerprint density at radius 3 is 3.00 bits per heavy atom. The number of benzene rings is 1. The number of rotatable bonds is 4. The Balaban J connectivity index is 1.43. The Labute approximate surface area is 136 Å². The number of aromatic nitrogens is 3. The van der Waals surface area contributed by atoms with Crippen molar-refractivity contribution in [3.05, 3.63) is 47.0 Å². The second-order valence-electron chi connectivity index (χ2n) is 6.79. The second-order valence-corrected chi connectivity index (χ2v) is 6.79. The molecular formula is C18H22N4O. The minimum Gasteiger partial charge on any atom is -0.338 e. The van der Waals surface area contributed by atoms with Crippen LogP contribution < -0.4 is 0 Å². The minimum absolute atomic E-state index is 0.127. The Morgan fingerprint density at radius 1 is 1.35 bits per heavy atom. The van der Waals surface area contributed by atoms with Crippen molar-refractivity contribution < 1.29 is 4.79 Å². The predicted molar refractivity (Wildman–Crippen MR) is 86.8 cm³/mol. The monoisotopic (exact) mass is 310 g/mol. The van der Waals surface area contributed by atoms with Crippen LogP contribution >= 0.6 is 0 Å². The zero-order valence-electron chi connectivity index (χ0n) is 13.7. The molecule has 2 aliphatic rings. The lowest BCUT2D eigenvalue weighted by atomic mass is 10.0. The van der Waals surface area contributed by atoms with Gasteiger partial charge in [0.15, 0.2) is 5.82 Å². The van der Waals surface area contributed by atoms with Crippen LogP contribution in [0.2, 0.25) is 0 Å². The second kappa shape index (κ2) is 5.48. The average Bonchev–Trinajstić information content (AvgIpc) is 3.03. The molecule has 1 amide bonds. The quantitative estimate of drug-likeness (QED) is 0.870. The third kappa shape index (κ3) is 2.54. The fraction of sp³-hybridized carbons (Fsp3) is 0.500. The lowest BCUT2D eigenvalue weighted by molar-refractivity contribution is -0.132. The van der Waals surface area contributed by atoms with E-state index in [2.05, 4.69) is 46.0 Å². The van der Waals surface area contributed by atoms with Gasteiger partial charge in [0.2, 0.25) is 5.91 Å². The van der Waals surface area contributed by atoms with Crippen molar-refractivity contribution in [2.24, 2.45) is 5.92 Å². The number of hydrogen-bond donors (Lipinski definition) is 0. The normalized spacial score (nSPS) is 22.0. The molecule has 0 spiro atoms. The molecule has 4 rings (SSSR count). The van der Waals surface area contributed by atoms with E-state index in [1.165, 1.54) is 11.1 Å². The van der Waals surface area contributed by atoms with Crippen molar-refractivity contribution in [1.29, 1.82) is 0 Å². The van der Waals surface area contributed by atoms with Crippen molar-refractivity contribution in [3.8, 4) is 0 Å². The number of hydrogen-bond acceptors (Lipinski definition) is 3. The van der Waals surface area contributed by atoms with Crippen LogP contribution in [0.15, 0.2) is 24.3 Å². The van der Waals surface area contributed by atoms with Crippen LogP contribution in [-0.2, 0) is 24.3 Å². The third-order valence-electron chi connectivity index (χ3n) is 5.14. The molecule has 23 heavy (non-hydrogen) atoms. The number of carbonyl (C=O) groups excluding carboxylic acids is 1. The third-order valence-corrected chi connectivity index (χ3v) is 5.14. The van der Waals surface area contributed by atoms with Gasteiger partial charge < -0.3 is 9.47 Å². The van der Waals surface area contributed by atoms with Crippen molar-refractivity contribution in [2.75, 3.05) is 7.05 Å². The molecule has 5 heteroatoms. The highest BCUT2D eigenvalue weighted by Crippen LogP contribution is 2.49. The summed E-state index contributed by atoms with van der Waals surface area (Å²) in [4.78, 5) is 14.5. The molecule has 1 aromatic carbocycles. The van der Waals surface area contributed by atoms with Crippen LogP contribution in [0, 0.1) is 12.8 Å². The summed E-state index contributed by atoms with van der Waals surface area (Å²) in [6, 6.07) is 8.39. The van der Waals surface area contributed by atoms with E-state index in [-0.39, 0.29) is 11.8 Å². The van der Waals surface area contributed by atoms with Crippen LogP contribution in [-0.4, -0.2) is 32.6 Å². The van der Waals surface area contributed by atoms with Crippen molar-refractivity contribution in [1.82, 2.24) is 19.7 Å². The summed E-state index contributed by atoms with van der Waals surface area (Å²) in [5.41, 5.74) is 2.60. The van der Waals surface area contributed by atoms with E-state index >= 15 is 0 Å². The number of fused-ring (bicyclic) bond motifs is 1. The molecule has 1 aliphatic carbocycles. The highest BCUT2D eigenvalue weighted by molar-refractivity contribution is 5.82. The smallest absolute Gasteiger partial charge is 0.226 e. The van der Waals surface area contributed by atoms with E-state index in [4.69, 9.17) is 0 Å². The first-order chi connectivity index (χ1) is 11.1. The van der Waals surface area contributed by atoms with Crippen molar-refractivity contribution in [2.45, 2.75) is 45.2 Å². The fourth-order valence-electron chi connectivity index (χ4n) is 3.72. The Bertz CT molecular complexity index is 751. The topological polar surface area (TPSA) is 51.0 Å². The van der Waals surface area contributed by atoms with Gasteiger partial charge >= 0.3 is 0 Å². The zero-order chi connectivity index (χ0) is 16.0. The SMILES string of the molecule is Cc1ccccc1[C@@H]1C[C@@H]1C(=O)N(C)Cc1nnc2n1CCC2. The maximum Gasteiger partial charge on any atom is 0.226 e. The molecule has 2 atom stereocenters. The fourth-order valence-corrected chi connectivity index (χ4v) is 3.72. The highest BCUT2D eigenvalue weighted by atomic mass is 16.2. The van der Waals surface area contributed by atoms with E-state index in [0.717, 1.165) is 37.5 Å². The van der Waals surface area contributed by atoms with Gasteiger partial charge in [-0.25, -0.2) is 0 Å². The van der Waals surface area contributed by atoms with E-state index in [1.807, 2.05) is 11.9 Å². The summed E-state index contributed by atoms with van der Waals surface area (Å²) >= 11 is 0. The van der Waals surface area contributed by atoms with Gasteiger partial charge in [-0.3, -0.25) is 4.79 Å². The molecule has 120 valence electrons. The molecule has 2 aromatic rings. The van der Waals surface area contributed by atoms with Crippen LogP contribution in [0.5, 0.6) is 0 Å². The molecule has 2 heterocycles. The summed E-state index contributed by atoms with van der Waals surface area (Å²) in [5, 5.41) is 8.47. The summed E-state index contributed by atoms with van der Waals surface area (Å²) in [5.74, 6) is 2.72. The van der Waals surface area contributed by atoms with E-state index in [1.54, 1.807) is 0 Å². The van der Waals surface area contributed by atoms with Crippen LogP contribution in [0.25, 0.3) is 0 Å². The number of aryl methyl sites for hydroxylation is 2. The molecule has 1 saturated carbocycles. The van der Waals surface area contributed by atoms with Gasteiger partial charge in [0, 0.05) is 25.9 Å². The van der Waals surface area contributed by atoms with E-state index < -0.39 is 0 Å². The maximum atomic E-state index is 12.7. The molecule has 0 bridgehead atoms. The summed E-state index contributed by atoms with van der Waals surface area (Å²) in [6.45, 7) is 3.66. The molecule has 1 aliphatic heterocycles. The largest absolute Gasteiger partial charge is 0.338 e. The molecule has 1 aromatic heterocycles. The molecule has 0 N–H and O–H groups in total. The lowest BCUT2D eigenvalue weighted by Gasteiger charge is -2.17. The first-order valence-electron chi connectivity index (χ1n) is 8.36. The summed E-state index contributed by atoms with van der Waals surface area (Å²) in [7, 11) is 1.88. The van der Waals surface area contributed by atoms with Crippen molar-refractivity contribution >= 4 is 5.91 Å². The maximum absolute atomic E-state index is 12.7. The lowest BCUT2D eigenvalue weighted by Crippen LogP contribution is -2.29. The molecule has 0 radical (unpaired) electrons. The van der Waals surface area contributed by atoms with Gasteiger partial charge in [-0.05, 0) is 36.8 Å². The zero-order valence-corrected chi connectivity index (χ0v) is 13.7. The number of amides is 1. The van der Waals surface area contributed by atoms with Crippen molar-refractivity contribution in [3.63, 3.8) is 0 Å². The summed E-state index contributed by atoms with van der Waals surface area (Å²) in [6.07, 6.45) is 3.10. The predicted octanol–water partition coefficient (Wildman–Crippen LogP) is 2.29. The van der Waals surface area contributed by atoms with Gasteiger partial charge in [0.05, 0.1) is 6.54 Å². The molecule has 5 nitrogen and oxygen atoms in total. The first-order valence-corrected chi connectivity index (χ1v) is 8.36. The molecule has 0 saturated heterocycles. The Kier molecular flexibility index (Phi) is 3.43. The number of carbonyl (C=O) groups is 1. The summed E-state index contributed by atoms with van der Waals surface area (Å²) < 4.78 is 2.16. The average molecular weight is 310 g/mol. The van der Waals surface area contributed by atoms with Gasteiger partial charge in [-0.1, -0.05) is 24.3 Å². The molecular weight excluding hydrogens is 288 g/mol. The molecule has 1 fully saturated rings. The Morgan fingerprint density at radius 2 is 2.17 bits per heavy atom. The van der Waals surface area contributed by atoms with Crippen LogP contribution in [0.1, 0.15) is 41.5 Å². The standard InChI is InChI=1S/C18H22N4O/c1-12-6-3-4-7-13(12)14-10-15(14)18(23)21(2)11-17-20-19-16-8-5-9-22(16)17/h3-4,6-7,14-15H,5,8-11H2,1-2H3/t14-,15-/m0/s1. The minimum atomic E-state index is 0.127. The van der Waals surface area contributed by atoms with E-state index in [9.17, 15) is 4.79 Å². The van der Waals surface area contributed by atoms with Crippen LogP contribution in [0.3, 0.4) is 0 Å². The van der Waals surface area contributed by atoms with Gasteiger partial charge in [0.1, 0.15) is 5.82 Å². The first kappa shape index (κ1) is 14.4. The molecule has 0 unspecified atom stereocenters.